The number of fused-ring (bicyclic) bond motifs is 1. The molecule has 4 rings (SSSR count). The average Bonchev–Trinajstić information content (AvgIpc) is 3.34. The Labute approximate surface area is 155 Å². The van der Waals surface area contributed by atoms with Crippen molar-refractivity contribution in [2.45, 2.75) is 6.54 Å². The van der Waals surface area contributed by atoms with Crippen LogP contribution >= 0.6 is 0 Å². The normalized spacial score (nSPS) is 10.8. The fourth-order valence-electron chi connectivity index (χ4n) is 2.82. The first kappa shape index (κ1) is 16.8. The van der Waals surface area contributed by atoms with Gasteiger partial charge in [-0.05, 0) is 30.3 Å². The van der Waals surface area contributed by atoms with Gasteiger partial charge in [-0.15, -0.1) is 0 Å². The minimum atomic E-state index is -0.207. The molecule has 0 unspecified atom stereocenters. The third-order valence-corrected chi connectivity index (χ3v) is 4.13. The average molecular weight is 361 g/mol. The molecular formula is C19H19N7O. The van der Waals surface area contributed by atoms with E-state index in [1.807, 2.05) is 41.0 Å². The fourth-order valence-corrected chi connectivity index (χ4v) is 2.82. The predicted molar refractivity (Wildman–Crippen MR) is 102 cm³/mol. The quantitative estimate of drug-likeness (QED) is 0.437. The van der Waals surface area contributed by atoms with Crippen molar-refractivity contribution in [1.82, 2.24) is 30.0 Å². The second kappa shape index (κ2) is 7.69. The Morgan fingerprint density at radius 3 is 2.96 bits per heavy atom. The lowest BCUT2D eigenvalue weighted by Gasteiger charge is -2.06. The van der Waals surface area contributed by atoms with Gasteiger partial charge >= 0.3 is 0 Å². The van der Waals surface area contributed by atoms with E-state index >= 15 is 0 Å². The smallest absolute Gasteiger partial charge is 0.271 e. The summed E-state index contributed by atoms with van der Waals surface area (Å²) in [5.74, 6) is -0.207. The molecule has 0 bridgehead atoms. The van der Waals surface area contributed by atoms with Crippen LogP contribution in [0.2, 0.25) is 0 Å². The van der Waals surface area contributed by atoms with E-state index in [9.17, 15) is 4.79 Å². The lowest BCUT2D eigenvalue weighted by atomic mass is 10.3. The Morgan fingerprint density at radius 1 is 1.15 bits per heavy atom. The van der Waals surface area contributed by atoms with E-state index in [0.29, 0.717) is 25.3 Å². The van der Waals surface area contributed by atoms with Crippen LogP contribution in [0.1, 0.15) is 16.2 Å². The van der Waals surface area contributed by atoms with Crippen LogP contribution in [-0.2, 0) is 6.54 Å². The van der Waals surface area contributed by atoms with Gasteiger partial charge in [-0.25, -0.2) is 4.98 Å². The van der Waals surface area contributed by atoms with Gasteiger partial charge in [0.1, 0.15) is 5.69 Å². The lowest BCUT2D eigenvalue weighted by Crippen LogP contribution is -2.29. The maximum absolute atomic E-state index is 12.2. The minimum absolute atomic E-state index is 0.207. The molecule has 3 heterocycles. The van der Waals surface area contributed by atoms with E-state index in [2.05, 4.69) is 30.8 Å². The zero-order chi connectivity index (χ0) is 18.5. The van der Waals surface area contributed by atoms with Crippen molar-refractivity contribution in [2.24, 2.45) is 0 Å². The van der Waals surface area contributed by atoms with Crippen LogP contribution in [0.15, 0.2) is 61.2 Å². The SMILES string of the molecule is O=C(NCCNc1cccnc1)c1cc(Cn2cnc3ccccc32)[nH]n1. The molecule has 27 heavy (non-hydrogen) atoms. The van der Waals surface area contributed by atoms with Gasteiger partial charge in [-0.1, -0.05) is 12.1 Å². The molecule has 0 fully saturated rings. The van der Waals surface area contributed by atoms with Gasteiger partial charge in [-0.3, -0.25) is 14.9 Å². The highest BCUT2D eigenvalue weighted by molar-refractivity contribution is 5.92. The molecule has 0 aliphatic carbocycles. The van der Waals surface area contributed by atoms with E-state index < -0.39 is 0 Å². The van der Waals surface area contributed by atoms with Crippen molar-refractivity contribution in [1.29, 1.82) is 0 Å². The van der Waals surface area contributed by atoms with Gasteiger partial charge in [0, 0.05) is 25.5 Å². The molecule has 0 atom stereocenters. The number of aromatic amines is 1. The number of carbonyl (C=O) groups is 1. The second-order valence-corrected chi connectivity index (χ2v) is 6.06. The molecule has 8 nitrogen and oxygen atoms in total. The number of para-hydroxylation sites is 2. The maximum atomic E-state index is 12.2. The Bertz CT molecular complexity index is 1040. The third-order valence-electron chi connectivity index (χ3n) is 4.13. The number of imidazole rings is 1. The largest absolute Gasteiger partial charge is 0.382 e. The second-order valence-electron chi connectivity index (χ2n) is 6.06. The van der Waals surface area contributed by atoms with Crippen LogP contribution in [-0.4, -0.2) is 43.7 Å². The van der Waals surface area contributed by atoms with Crippen LogP contribution in [0.25, 0.3) is 11.0 Å². The van der Waals surface area contributed by atoms with Gasteiger partial charge in [0.25, 0.3) is 5.91 Å². The summed E-state index contributed by atoms with van der Waals surface area (Å²) in [4.78, 5) is 20.6. The standard InChI is InChI=1S/C19H19N7O/c27-19(22-9-8-21-14-4-3-7-20-11-14)17-10-15(24-25-17)12-26-13-23-16-5-1-2-6-18(16)26/h1-7,10-11,13,21H,8-9,12H2,(H,22,27)(H,24,25). The van der Waals surface area contributed by atoms with Crippen LogP contribution in [0.4, 0.5) is 5.69 Å². The molecule has 8 heteroatoms. The molecule has 0 spiro atoms. The summed E-state index contributed by atoms with van der Waals surface area (Å²) >= 11 is 0. The zero-order valence-corrected chi connectivity index (χ0v) is 14.6. The molecule has 0 aliphatic heterocycles. The number of benzene rings is 1. The van der Waals surface area contributed by atoms with E-state index in [0.717, 1.165) is 22.4 Å². The van der Waals surface area contributed by atoms with Crippen molar-refractivity contribution in [3.05, 3.63) is 72.6 Å². The first-order valence-corrected chi connectivity index (χ1v) is 8.66. The van der Waals surface area contributed by atoms with Gasteiger partial charge < -0.3 is 15.2 Å². The maximum Gasteiger partial charge on any atom is 0.271 e. The highest BCUT2D eigenvalue weighted by atomic mass is 16.1. The number of nitrogens with one attached hydrogen (secondary N) is 3. The summed E-state index contributed by atoms with van der Waals surface area (Å²) in [6, 6.07) is 13.5. The van der Waals surface area contributed by atoms with E-state index in [1.165, 1.54) is 0 Å². The number of rotatable bonds is 7. The van der Waals surface area contributed by atoms with Crippen molar-refractivity contribution in [2.75, 3.05) is 18.4 Å². The number of amides is 1. The summed E-state index contributed by atoms with van der Waals surface area (Å²) in [7, 11) is 0. The summed E-state index contributed by atoms with van der Waals surface area (Å²) < 4.78 is 2.02. The van der Waals surface area contributed by atoms with Gasteiger partial charge in [-0.2, -0.15) is 5.10 Å². The molecule has 4 aromatic rings. The van der Waals surface area contributed by atoms with Crippen molar-refractivity contribution in [3.8, 4) is 0 Å². The number of hydrogen-bond acceptors (Lipinski definition) is 5. The molecule has 3 N–H and O–H groups in total. The molecule has 136 valence electrons. The number of aromatic nitrogens is 5. The van der Waals surface area contributed by atoms with Crippen LogP contribution < -0.4 is 10.6 Å². The molecule has 0 radical (unpaired) electrons. The van der Waals surface area contributed by atoms with Crippen molar-refractivity contribution in [3.63, 3.8) is 0 Å². The molecule has 0 saturated heterocycles. The number of carbonyl (C=O) groups excluding carboxylic acids is 1. The monoisotopic (exact) mass is 361 g/mol. The van der Waals surface area contributed by atoms with Gasteiger partial charge in [0.15, 0.2) is 0 Å². The number of hydrogen-bond donors (Lipinski definition) is 3. The number of anilines is 1. The molecular weight excluding hydrogens is 342 g/mol. The molecule has 1 amide bonds. The highest BCUT2D eigenvalue weighted by Gasteiger charge is 2.11. The van der Waals surface area contributed by atoms with Crippen LogP contribution in [0.5, 0.6) is 0 Å². The first-order valence-electron chi connectivity index (χ1n) is 8.66. The third kappa shape index (κ3) is 3.95. The lowest BCUT2D eigenvalue weighted by molar-refractivity contribution is 0.0950. The number of H-pyrrole nitrogens is 1. The number of nitrogens with zero attached hydrogens (tertiary/aromatic N) is 4. The Hall–Kier alpha value is -3.68. The van der Waals surface area contributed by atoms with Crippen LogP contribution in [0.3, 0.4) is 0 Å². The highest BCUT2D eigenvalue weighted by Crippen LogP contribution is 2.13. The molecule has 3 aromatic heterocycles. The molecule has 0 saturated carbocycles. The zero-order valence-electron chi connectivity index (χ0n) is 14.6. The molecule has 0 aliphatic rings. The Morgan fingerprint density at radius 2 is 2.07 bits per heavy atom. The Kier molecular flexibility index (Phi) is 4.78. The number of pyridine rings is 1. The van der Waals surface area contributed by atoms with Crippen molar-refractivity contribution >= 4 is 22.6 Å². The molecule has 1 aromatic carbocycles. The van der Waals surface area contributed by atoms with Gasteiger partial charge in [0.2, 0.25) is 0 Å². The predicted octanol–water partition coefficient (Wildman–Crippen LogP) is 2.04. The van der Waals surface area contributed by atoms with E-state index in [1.54, 1.807) is 24.8 Å². The first-order chi connectivity index (χ1) is 13.3. The van der Waals surface area contributed by atoms with Gasteiger partial charge in [0.05, 0.1) is 35.3 Å². The van der Waals surface area contributed by atoms with E-state index in [4.69, 9.17) is 0 Å². The Balaban J connectivity index is 1.31. The van der Waals surface area contributed by atoms with E-state index in [-0.39, 0.29) is 5.91 Å². The minimum Gasteiger partial charge on any atom is -0.382 e. The summed E-state index contributed by atoms with van der Waals surface area (Å²) in [6.07, 6.45) is 5.24. The topological polar surface area (TPSA) is 101 Å². The summed E-state index contributed by atoms with van der Waals surface area (Å²) in [5, 5.41) is 13.1. The van der Waals surface area contributed by atoms with Crippen LogP contribution in [0, 0.1) is 0 Å². The summed E-state index contributed by atoms with van der Waals surface area (Å²) in [5.41, 5.74) is 4.12. The fraction of sp³-hybridized carbons (Fsp3) is 0.158. The van der Waals surface area contributed by atoms with Crippen molar-refractivity contribution < 1.29 is 4.79 Å². The summed E-state index contributed by atoms with van der Waals surface area (Å²) in [6.45, 7) is 1.67.